The van der Waals surface area contributed by atoms with Gasteiger partial charge in [0, 0.05) is 24.9 Å². The van der Waals surface area contributed by atoms with Crippen molar-refractivity contribution in [2.45, 2.75) is 74.5 Å². The van der Waals surface area contributed by atoms with E-state index in [9.17, 15) is 28.2 Å². The number of unbranched alkanes of at least 4 members (excludes halogenated alkanes) is 2. The molecule has 0 saturated carbocycles. The SMILES string of the molecule is CCCCCN([C@H](CO)CCC(F)(F)CNC(=O)[C@@H](NC(=O)OC)C(c1ccccc1)c1ccccc1)S(=O)(=O)c1ccc(CO)cc1. The maximum absolute atomic E-state index is 15.4. The number of benzene rings is 3. The number of rotatable bonds is 19. The molecule has 3 aromatic carbocycles. The summed E-state index contributed by atoms with van der Waals surface area (Å²) in [6.45, 7) is -0.0941. The second kappa shape index (κ2) is 18.6. The summed E-state index contributed by atoms with van der Waals surface area (Å²) < 4.78 is 63.8. The van der Waals surface area contributed by atoms with Gasteiger partial charge in [-0.25, -0.2) is 22.0 Å². The van der Waals surface area contributed by atoms with Gasteiger partial charge in [-0.1, -0.05) is 92.6 Å². The minimum Gasteiger partial charge on any atom is -0.453 e. The summed E-state index contributed by atoms with van der Waals surface area (Å²) in [4.78, 5) is 25.8. The number of sulfonamides is 1. The van der Waals surface area contributed by atoms with Gasteiger partial charge < -0.3 is 25.6 Å². The molecule has 0 fully saturated rings. The van der Waals surface area contributed by atoms with Crippen molar-refractivity contribution in [2.24, 2.45) is 0 Å². The Bertz CT molecular complexity index is 1490. The number of carbonyl (C=O) groups is 2. The summed E-state index contributed by atoms with van der Waals surface area (Å²) in [5.74, 6) is -5.10. The molecule has 4 N–H and O–H groups in total. The van der Waals surface area contributed by atoms with E-state index in [0.717, 1.165) is 17.8 Å². The van der Waals surface area contributed by atoms with Crippen LogP contribution in [-0.2, 0) is 26.2 Å². The molecular formula is C35H45F2N3O7S. The number of hydrogen-bond acceptors (Lipinski definition) is 7. The fourth-order valence-electron chi connectivity index (χ4n) is 5.42. The number of alkyl carbamates (subject to hydrolysis) is 1. The molecule has 13 heteroatoms. The Kier molecular flexibility index (Phi) is 14.9. The minimum absolute atomic E-state index is 0.0205. The van der Waals surface area contributed by atoms with Crippen molar-refractivity contribution in [3.63, 3.8) is 0 Å². The summed E-state index contributed by atoms with van der Waals surface area (Å²) in [7, 11) is -3.04. The van der Waals surface area contributed by atoms with E-state index in [1.54, 1.807) is 60.7 Å². The van der Waals surface area contributed by atoms with Gasteiger partial charge in [-0.2, -0.15) is 4.31 Å². The summed E-state index contributed by atoms with van der Waals surface area (Å²) in [6.07, 6.45) is -0.186. The van der Waals surface area contributed by atoms with Gasteiger partial charge in [0.15, 0.2) is 0 Å². The zero-order valence-electron chi connectivity index (χ0n) is 27.2. The average Bonchev–Trinajstić information content (AvgIpc) is 3.10. The number of aliphatic hydroxyl groups is 2. The first-order valence-corrected chi connectivity index (χ1v) is 17.3. The smallest absolute Gasteiger partial charge is 0.407 e. The molecule has 0 aliphatic rings. The Labute approximate surface area is 281 Å². The third-order valence-electron chi connectivity index (χ3n) is 8.07. The molecule has 0 aliphatic carbocycles. The average molecular weight is 690 g/mol. The standard InChI is InChI=1S/C35H45F2N3O7S/c1-3-4-11-22-40(48(45,46)30-18-16-26(23-41)17-19-30)29(24-42)20-21-35(36,37)25-38-33(43)32(39-34(44)47-2)31(27-12-7-5-8-13-27)28-14-9-6-10-15-28/h5-10,12-19,29,31-32,41-42H,3-4,11,20-25H2,1-2H3,(H,38,43)(H,39,44)/t29-,32-/m0/s1. The Morgan fingerprint density at radius 2 is 1.50 bits per heavy atom. The molecule has 0 aliphatic heterocycles. The van der Waals surface area contributed by atoms with Gasteiger partial charge in [0.05, 0.1) is 31.8 Å². The Morgan fingerprint density at radius 3 is 2.00 bits per heavy atom. The van der Waals surface area contributed by atoms with Crippen LogP contribution in [0, 0.1) is 0 Å². The van der Waals surface area contributed by atoms with Crippen LogP contribution in [0.15, 0.2) is 89.8 Å². The molecule has 48 heavy (non-hydrogen) atoms. The number of halogens is 2. The number of ether oxygens (including phenoxy) is 1. The van der Waals surface area contributed by atoms with Crippen LogP contribution in [0.1, 0.15) is 61.6 Å². The zero-order chi connectivity index (χ0) is 35.2. The van der Waals surface area contributed by atoms with Crippen LogP contribution in [-0.4, -0.2) is 79.7 Å². The maximum Gasteiger partial charge on any atom is 0.407 e. The predicted octanol–water partition coefficient (Wildman–Crippen LogP) is 4.81. The van der Waals surface area contributed by atoms with Crippen LogP contribution in [0.3, 0.4) is 0 Å². The number of nitrogens with one attached hydrogen (secondary N) is 2. The molecule has 0 bridgehead atoms. The summed E-state index contributed by atoms with van der Waals surface area (Å²) >= 11 is 0. The first-order chi connectivity index (χ1) is 23.0. The van der Waals surface area contributed by atoms with Crippen molar-refractivity contribution in [1.29, 1.82) is 0 Å². The molecule has 0 aromatic heterocycles. The third kappa shape index (κ3) is 10.8. The molecule has 3 rings (SSSR count). The monoisotopic (exact) mass is 689 g/mol. The highest BCUT2D eigenvalue weighted by molar-refractivity contribution is 7.89. The van der Waals surface area contributed by atoms with Crippen molar-refractivity contribution in [3.8, 4) is 0 Å². The predicted molar refractivity (Wildman–Crippen MR) is 178 cm³/mol. The Hall–Kier alpha value is -3.91. The van der Waals surface area contributed by atoms with Crippen molar-refractivity contribution in [2.75, 3.05) is 26.8 Å². The molecular weight excluding hydrogens is 644 g/mol. The Balaban J connectivity index is 1.79. The lowest BCUT2D eigenvalue weighted by atomic mass is 9.84. The van der Waals surface area contributed by atoms with Crippen LogP contribution < -0.4 is 10.6 Å². The normalized spacial score (nSPS) is 13.2. The number of aliphatic hydroxyl groups excluding tert-OH is 2. The van der Waals surface area contributed by atoms with Crippen molar-refractivity contribution in [3.05, 3.63) is 102 Å². The molecule has 2 atom stereocenters. The van der Waals surface area contributed by atoms with E-state index in [1.807, 2.05) is 6.92 Å². The van der Waals surface area contributed by atoms with Crippen LogP contribution in [0.25, 0.3) is 0 Å². The highest BCUT2D eigenvalue weighted by Crippen LogP contribution is 2.30. The lowest BCUT2D eigenvalue weighted by Crippen LogP contribution is -2.52. The van der Waals surface area contributed by atoms with Gasteiger partial charge in [0.2, 0.25) is 15.9 Å². The topological polar surface area (TPSA) is 145 Å². The van der Waals surface area contributed by atoms with E-state index in [4.69, 9.17) is 4.74 Å². The van der Waals surface area contributed by atoms with Crippen LogP contribution in [0.2, 0.25) is 0 Å². The van der Waals surface area contributed by atoms with Gasteiger partial charge in [-0.05, 0) is 41.7 Å². The number of alkyl halides is 2. The first-order valence-electron chi connectivity index (χ1n) is 15.9. The van der Waals surface area contributed by atoms with E-state index in [-0.39, 0.29) is 24.5 Å². The van der Waals surface area contributed by atoms with Crippen molar-refractivity contribution < 1.29 is 41.7 Å². The number of amides is 2. The van der Waals surface area contributed by atoms with Crippen LogP contribution >= 0.6 is 0 Å². The molecule has 0 saturated heterocycles. The van der Waals surface area contributed by atoms with Crippen LogP contribution in [0.4, 0.5) is 13.6 Å². The molecule has 3 aromatic rings. The fourth-order valence-corrected chi connectivity index (χ4v) is 7.11. The molecule has 262 valence electrons. The number of nitrogens with zero attached hydrogens (tertiary/aromatic N) is 1. The molecule has 2 amide bonds. The van der Waals surface area contributed by atoms with Gasteiger partial charge in [-0.3, -0.25) is 4.79 Å². The Morgan fingerprint density at radius 1 is 0.917 bits per heavy atom. The van der Waals surface area contributed by atoms with Gasteiger partial charge in [0.1, 0.15) is 6.04 Å². The molecule has 0 unspecified atom stereocenters. The van der Waals surface area contributed by atoms with Crippen molar-refractivity contribution in [1.82, 2.24) is 14.9 Å². The number of methoxy groups -OCH3 is 1. The van der Waals surface area contributed by atoms with Gasteiger partial charge >= 0.3 is 6.09 Å². The first kappa shape index (κ1) is 38.5. The molecule has 0 radical (unpaired) electrons. The summed E-state index contributed by atoms with van der Waals surface area (Å²) in [5.41, 5.74) is 1.83. The van der Waals surface area contributed by atoms with E-state index in [1.165, 1.54) is 24.3 Å². The zero-order valence-corrected chi connectivity index (χ0v) is 28.0. The highest BCUT2D eigenvalue weighted by atomic mass is 32.2. The summed E-state index contributed by atoms with van der Waals surface area (Å²) in [5, 5.41) is 24.3. The molecule has 0 spiro atoms. The second-order valence-corrected chi connectivity index (χ2v) is 13.4. The number of carbonyl (C=O) groups excluding carboxylic acids is 2. The third-order valence-corrected chi connectivity index (χ3v) is 10.0. The minimum atomic E-state index is -4.17. The maximum atomic E-state index is 15.4. The van der Waals surface area contributed by atoms with E-state index in [2.05, 4.69) is 10.6 Å². The van der Waals surface area contributed by atoms with E-state index in [0.29, 0.717) is 29.5 Å². The lowest BCUT2D eigenvalue weighted by molar-refractivity contribution is -0.125. The lowest BCUT2D eigenvalue weighted by Gasteiger charge is -2.31. The molecule has 10 nitrogen and oxygen atoms in total. The van der Waals surface area contributed by atoms with Gasteiger partial charge in [-0.15, -0.1) is 0 Å². The van der Waals surface area contributed by atoms with Crippen LogP contribution in [0.5, 0.6) is 0 Å². The quantitative estimate of drug-likeness (QED) is 0.132. The fraction of sp³-hybridized carbons (Fsp3) is 0.429. The second-order valence-electron chi connectivity index (χ2n) is 11.5. The molecule has 0 heterocycles. The van der Waals surface area contributed by atoms with Crippen molar-refractivity contribution >= 4 is 22.0 Å². The highest BCUT2D eigenvalue weighted by Gasteiger charge is 2.38. The van der Waals surface area contributed by atoms with E-state index < -0.39 is 65.5 Å². The largest absolute Gasteiger partial charge is 0.453 e. The van der Waals surface area contributed by atoms with E-state index >= 15 is 8.78 Å². The summed E-state index contributed by atoms with van der Waals surface area (Å²) in [6, 6.07) is 20.8. The number of hydrogen-bond donors (Lipinski definition) is 4. The van der Waals surface area contributed by atoms with Gasteiger partial charge in [0.25, 0.3) is 5.92 Å².